The number of alkyl halides is 3. The van der Waals surface area contributed by atoms with Gasteiger partial charge in [0.05, 0.1) is 5.92 Å². The van der Waals surface area contributed by atoms with E-state index in [-0.39, 0.29) is 55.1 Å². The molecule has 4 atom stereocenters. The van der Waals surface area contributed by atoms with Gasteiger partial charge in [-0.05, 0) is 63.2 Å². The van der Waals surface area contributed by atoms with Gasteiger partial charge in [0.25, 0.3) is 0 Å². The van der Waals surface area contributed by atoms with E-state index in [9.17, 15) is 32.3 Å². The monoisotopic (exact) mass is 549 g/mol. The van der Waals surface area contributed by atoms with Crippen LogP contribution in [0.4, 0.5) is 17.6 Å². The Morgan fingerprint density at radius 1 is 1.08 bits per heavy atom. The van der Waals surface area contributed by atoms with Crippen LogP contribution in [0.25, 0.3) is 0 Å². The van der Waals surface area contributed by atoms with Crippen molar-refractivity contribution < 1.29 is 32.3 Å². The van der Waals surface area contributed by atoms with E-state index in [4.69, 9.17) is 0 Å². The second kappa shape index (κ2) is 11.6. The van der Waals surface area contributed by atoms with Crippen molar-refractivity contribution in [1.82, 2.24) is 14.7 Å². The van der Waals surface area contributed by atoms with Crippen molar-refractivity contribution in [1.29, 1.82) is 0 Å². The van der Waals surface area contributed by atoms with Gasteiger partial charge >= 0.3 is 6.18 Å². The van der Waals surface area contributed by atoms with Crippen LogP contribution in [0, 0.1) is 24.6 Å². The second-order valence-electron chi connectivity index (χ2n) is 10.9. The molecular weight excluding hydrogens is 514 g/mol. The van der Waals surface area contributed by atoms with Crippen LogP contribution in [-0.4, -0.2) is 90.5 Å². The van der Waals surface area contributed by atoms with Gasteiger partial charge in [0.1, 0.15) is 17.6 Å². The molecule has 2 aliphatic rings. The number of hydrogen-bond acceptors (Lipinski definition) is 5. The van der Waals surface area contributed by atoms with E-state index < -0.39 is 41.7 Å². The number of nitrogens with zero attached hydrogens (tertiary/aromatic N) is 3. The van der Waals surface area contributed by atoms with Crippen LogP contribution >= 0.6 is 0 Å². The van der Waals surface area contributed by atoms with Gasteiger partial charge in [0.2, 0.25) is 5.91 Å². The summed E-state index contributed by atoms with van der Waals surface area (Å²) >= 11 is 0. The smallest absolute Gasteiger partial charge is 0.408 e. The van der Waals surface area contributed by atoms with Crippen LogP contribution in [0.5, 0.6) is 5.75 Å². The van der Waals surface area contributed by atoms with Crippen molar-refractivity contribution in [3.05, 3.63) is 65.0 Å². The third-order valence-electron chi connectivity index (χ3n) is 8.01. The van der Waals surface area contributed by atoms with Gasteiger partial charge in [-0.25, -0.2) is 4.39 Å². The Morgan fingerprint density at radius 2 is 1.77 bits per heavy atom. The zero-order valence-electron chi connectivity index (χ0n) is 22.4. The van der Waals surface area contributed by atoms with Crippen LogP contribution in [0.15, 0.2) is 42.5 Å². The molecule has 212 valence electrons. The molecule has 2 aromatic rings. The molecule has 2 aliphatic heterocycles. The van der Waals surface area contributed by atoms with E-state index in [1.165, 1.54) is 24.3 Å². The SMILES string of the molecule is Cc1c(F)cccc1[C@@H]1[C@@H](C(=O)c2cccc(O)c2)CN(CCN(C)C)C[C@H]1C(=O)N1CCC[C@H]1C(F)(F)F. The van der Waals surface area contributed by atoms with Gasteiger partial charge in [-0.15, -0.1) is 0 Å². The van der Waals surface area contributed by atoms with Gasteiger partial charge in [0, 0.05) is 50.1 Å². The zero-order valence-corrected chi connectivity index (χ0v) is 22.4. The summed E-state index contributed by atoms with van der Waals surface area (Å²) in [6, 6.07) is 8.45. The number of likely N-dealkylation sites (tertiary alicyclic amines) is 2. The van der Waals surface area contributed by atoms with E-state index >= 15 is 0 Å². The second-order valence-corrected chi connectivity index (χ2v) is 10.9. The van der Waals surface area contributed by atoms with E-state index in [1.807, 2.05) is 23.9 Å². The summed E-state index contributed by atoms with van der Waals surface area (Å²) < 4.78 is 56.5. The minimum absolute atomic E-state index is 0.0166. The first-order chi connectivity index (χ1) is 18.4. The maximum Gasteiger partial charge on any atom is 0.408 e. The highest BCUT2D eigenvalue weighted by Gasteiger charge is 2.52. The summed E-state index contributed by atoms with van der Waals surface area (Å²) in [5.74, 6) is -4.29. The fraction of sp³-hybridized carbons (Fsp3) is 0.517. The summed E-state index contributed by atoms with van der Waals surface area (Å²) in [6.45, 7) is 3.06. The average molecular weight is 550 g/mol. The molecule has 1 amide bonds. The molecule has 0 unspecified atom stereocenters. The lowest BCUT2D eigenvalue weighted by atomic mass is 9.69. The van der Waals surface area contributed by atoms with E-state index in [0.717, 1.165) is 4.90 Å². The molecule has 4 rings (SSSR count). The Kier molecular flexibility index (Phi) is 8.66. The van der Waals surface area contributed by atoms with Crippen molar-refractivity contribution in [2.45, 2.75) is 37.9 Å². The zero-order chi connectivity index (χ0) is 28.5. The van der Waals surface area contributed by atoms with Crippen LogP contribution in [0.2, 0.25) is 0 Å². The first-order valence-electron chi connectivity index (χ1n) is 13.2. The van der Waals surface area contributed by atoms with Crippen molar-refractivity contribution in [3.63, 3.8) is 0 Å². The van der Waals surface area contributed by atoms with Crippen molar-refractivity contribution in [2.75, 3.05) is 46.8 Å². The van der Waals surface area contributed by atoms with Gasteiger partial charge in [0.15, 0.2) is 5.78 Å². The Labute approximate surface area is 226 Å². The highest BCUT2D eigenvalue weighted by atomic mass is 19.4. The quantitative estimate of drug-likeness (QED) is 0.408. The number of aromatic hydroxyl groups is 1. The lowest BCUT2D eigenvalue weighted by Gasteiger charge is -2.45. The van der Waals surface area contributed by atoms with Gasteiger partial charge in [-0.1, -0.05) is 24.3 Å². The number of piperidine rings is 1. The van der Waals surface area contributed by atoms with Gasteiger partial charge in [-0.3, -0.25) is 9.59 Å². The molecule has 0 aliphatic carbocycles. The lowest BCUT2D eigenvalue weighted by Crippen LogP contribution is -2.56. The maximum atomic E-state index is 14.8. The average Bonchev–Trinajstić information content (AvgIpc) is 3.39. The minimum Gasteiger partial charge on any atom is -0.508 e. The molecule has 10 heteroatoms. The molecule has 0 spiro atoms. The molecule has 1 N–H and O–H groups in total. The Hall–Kier alpha value is -2.98. The molecule has 2 heterocycles. The number of phenols is 1. The number of hydrogen-bond donors (Lipinski definition) is 1. The molecular formula is C29H35F4N3O3. The third-order valence-corrected chi connectivity index (χ3v) is 8.01. The highest BCUT2D eigenvalue weighted by molar-refractivity contribution is 5.99. The predicted molar refractivity (Wildman–Crippen MR) is 139 cm³/mol. The highest BCUT2D eigenvalue weighted by Crippen LogP contribution is 2.43. The Balaban J connectivity index is 1.82. The number of ketones is 1. The predicted octanol–water partition coefficient (Wildman–Crippen LogP) is 4.47. The van der Waals surface area contributed by atoms with Crippen molar-refractivity contribution in [3.8, 4) is 5.75 Å². The fourth-order valence-electron chi connectivity index (χ4n) is 6.02. The van der Waals surface area contributed by atoms with Crippen LogP contribution in [0.1, 0.15) is 40.2 Å². The molecule has 0 radical (unpaired) electrons. The number of rotatable bonds is 7. The van der Waals surface area contributed by atoms with Crippen molar-refractivity contribution >= 4 is 11.7 Å². The largest absolute Gasteiger partial charge is 0.508 e. The van der Waals surface area contributed by atoms with Crippen LogP contribution in [0.3, 0.4) is 0 Å². The molecule has 0 saturated carbocycles. The summed E-state index contributed by atoms with van der Waals surface area (Å²) in [5, 5.41) is 10.0. The first kappa shape index (κ1) is 29.0. The number of Topliss-reactive ketones (excluding diaryl/α,β-unsaturated/α-hetero) is 1. The van der Waals surface area contributed by atoms with Gasteiger partial charge < -0.3 is 19.8 Å². The molecule has 0 bridgehead atoms. The molecule has 2 fully saturated rings. The number of amides is 1. The normalized spacial score (nSPS) is 24.4. The maximum absolute atomic E-state index is 14.8. The number of benzene rings is 2. The number of phenolic OH excluding ortho intramolecular Hbond substituents is 1. The topological polar surface area (TPSA) is 64.1 Å². The van der Waals surface area contributed by atoms with Crippen molar-refractivity contribution in [2.24, 2.45) is 11.8 Å². The van der Waals surface area contributed by atoms with Crippen LogP contribution in [-0.2, 0) is 4.79 Å². The molecule has 2 aromatic carbocycles. The molecule has 0 aromatic heterocycles. The van der Waals surface area contributed by atoms with Crippen LogP contribution < -0.4 is 0 Å². The summed E-state index contributed by atoms with van der Waals surface area (Å²) in [7, 11) is 3.78. The number of carbonyl (C=O) groups excluding carboxylic acids is 2. The molecule has 2 saturated heterocycles. The van der Waals surface area contributed by atoms with E-state index in [1.54, 1.807) is 25.1 Å². The summed E-state index contributed by atoms with van der Waals surface area (Å²) in [6.07, 6.45) is -4.49. The molecule has 39 heavy (non-hydrogen) atoms. The fourth-order valence-corrected chi connectivity index (χ4v) is 6.02. The number of likely N-dealkylation sites (N-methyl/N-ethyl adjacent to an activating group) is 1. The standard InChI is InChI=1S/C29H35F4N3O3/c1-18-21(9-5-10-24(18)30)26-22(27(38)19-7-4-8-20(37)15-19)16-35(14-13-34(2)3)17-23(26)28(39)36-12-6-11-25(36)29(31,32)33/h4-5,7-10,15,22-23,25-26,37H,6,11-14,16-17H2,1-3H3/t22-,23+,25-,26+/m0/s1. The number of halogens is 4. The Bertz CT molecular complexity index is 1200. The third kappa shape index (κ3) is 6.27. The van der Waals surface area contributed by atoms with E-state index in [0.29, 0.717) is 18.7 Å². The first-order valence-corrected chi connectivity index (χ1v) is 13.2. The number of carbonyl (C=O) groups is 2. The summed E-state index contributed by atoms with van der Waals surface area (Å²) in [4.78, 5) is 32.8. The Morgan fingerprint density at radius 3 is 2.44 bits per heavy atom. The minimum atomic E-state index is -4.56. The van der Waals surface area contributed by atoms with E-state index in [2.05, 4.69) is 0 Å². The van der Waals surface area contributed by atoms with Gasteiger partial charge in [-0.2, -0.15) is 13.2 Å². The summed E-state index contributed by atoms with van der Waals surface area (Å²) in [5.41, 5.74) is 0.945. The lowest BCUT2D eigenvalue weighted by molar-refractivity contribution is -0.185. The molecule has 6 nitrogen and oxygen atoms in total.